The molecule has 1 heterocycles. The summed E-state index contributed by atoms with van der Waals surface area (Å²) >= 11 is 0. The summed E-state index contributed by atoms with van der Waals surface area (Å²) in [6.45, 7) is 4.33. The second-order valence-corrected chi connectivity index (χ2v) is 8.51. The molecule has 1 aliphatic heterocycles. The van der Waals surface area contributed by atoms with Crippen LogP contribution in [0.4, 0.5) is 4.79 Å². The molecule has 168 valence electrons. The number of alkyl carbamates (subject to hydrolysis) is 1. The van der Waals surface area contributed by atoms with Gasteiger partial charge in [0.15, 0.2) is 0 Å². The van der Waals surface area contributed by atoms with Crippen LogP contribution < -0.4 is 5.32 Å². The normalized spacial score (nSPS) is 18.7. The number of hydrogen-bond donors (Lipinski definition) is 2. The summed E-state index contributed by atoms with van der Waals surface area (Å²) in [6.07, 6.45) is 0.420. The molecule has 0 spiro atoms. The third-order valence-electron chi connectivity index (χ3n) is 6.68. The zero-order chi connectivity index (χ0) is 22.8. The Hall–Kier alpha value is -3.35. The standard InChI is InChI=1S/C25H28N2O5/c1-3-15(2)22(23(28)27-13-12-21(27)24(29)30)26-25(31)32-14-20-18-10-6-4-8-16(18)17-9-5-7-11-19(17)20/h4-11,15,20-22H,3,12-14H2,1-2H3,(H,26,31)(H,29,30)/t15-,21?,22-/m0/s1. The lowest BCUT2D eigenvalue weighted by Crippen LogP contribution is -2.61. The number of fused-ring (bicyclic) bond motifs is 3. The maximum absolute atomic E-state index is 13.0. The highest BCUT2D eigenvalue weighted by Gasteiger charge is 2.42. The summed E-state index contributed by atoms with van der Waals surface area (Å²) in [4.78, 5) is 38.3. The lowest BCUT2D eigenvalue weighted by atomic mass is 9.94. The van der Waals surface area contributed by atoms with Crippen molar-refractivity contribution in [1.82, 2.24) is 10.2 Å². The average Bonchev–Trinajstić information content (AvgIpc) is 3.08. The van der Waals surface area contributed by atoms with Crippen molar-refractivity contribution in [3.8, 4) is 11.1 Å². The highest BCUT2D eigenvalue weighted by Crippen LogP contribution is 2.44. The lowest BCUT2D eigenvalue weighted by Gasteiger charge is -2.41. The molecule has 3 atom stereocenters. The number of benzene rings is 2. The smallest absolute Gasteiger partial charge is 0.407 e. The molecule has 32 heavy (non-hydrogen) atoms. The fourth-order valence-electron chi connectivity index (χ4n) is 4.54. The molecule has 1 saturated heterocycles. The van der Waals surface area contributed by atoms with E-state index >= 15 is 0 Å². The highest BCUT2D eigenvalue weighted by molar-refractivity contribution is 5.90. The second-order valence-electron chi connectivity index (χ2n) is 8.51. The molecular formula is C25H28N2O5. The van der Waals surface area contributed by atoms with Gasteiger partial charge in [0.25, 0.3) is 0 Å². The molecule has 7 heteroatoms. The lowest BCUT2D eigenvalue weighted by molar-refractivity contribution is -0.158. The van der Waals surface area contributed by atoms with Crippen LogP contribution >= 0.6 is 0 Å². The number of carbonyl (C=O) groups excluding carboxylic acids is 2. The molecule has 2 amide bonds. The first-order valence-corrected chi connectivity index (χ1v) is 11.1. The van der Waals surface area contributed by atoms with Gasteiger partial charge in [0.2, 0.25) is 5.91 Å². The number of ether oxygens (including phenoxy) is 1. The molecule has 0 radical (unpaired) electrons. The molecule has 2 aliphatic rings. The van der Waals surface area contributed by atoms with Crippen molar-refractivity contribution >= 4 is 18.0 Å². The maximum Gasteiger partial charge on any atom is 0.407 e. The van der Waals surface area contributed by atoms with Gasteiger partial charge in [0, 0.05) is 12.5 Å². The number of aliphatic carboxylic acids is 1. The van der Waals surface area contributed by atoms with Crippen molar-refractivity contribution in [2.45, 2.75) is 44.7 Å². The number of nitrogens with zero attached hydrogens (tertiary/aromatic N) is 1. The van der Waals surface area contributed by atoms with E-state index in [1.165, 1.54) is 4.90 Å². The van der Waals surface area contributed by atoms with Crippen LogP contribution in [0.25, 0.3) is 11.1 Å². The number of amides is 2. The molecule has 7 nitrogen and oxygen atoms in total. The Bertz CT molecular complexity index is 991. The van der Waals surface area contributed by atoms with Crippen LogP contribution in [0.1, 0.15) is 43.7 Å². The number of carbonyl (C=O) groups is 3. The van der Waals surface area contributed by atoms with Gasteiger partial charge >= 0.3 is 12.1 Å². The number of likely N-dealkylation sites (tertiary alicyclic amines) is 1. The summed E-state index contributed by atoms with van der Waals surface area (Å²) in [6, 6.07) is 14.5. The van der Waals surface area contributed by atoms with Gasteiger partial charge in [-0.05, 0) is 34.6 Å². The van der Waals surface area contributed by atoms with E-state index in [9.17, 15) is 19.5 Å². The topological polar surface area (TPSA) is 95.9 Å². The largest absolute Gasteiger partial charge is 0.480 e. The minimum Gasteiger partial charge on any atom is -0.480 e. The van der Waals surface area contributed by atoms with E-state index in [0.29, 0.717) is 19.4 Å². The summed E-state index contributed by atoms with van der Waals surface area (Å²) in [5, 5.41) is 12.0. The molecule has 0 bridgehead atoms. The predicted molar refractivity (Wildman–Crippen MR) is 119 cm³/mol. The molecular weight excluding hydrogens is 408 g/mol. The molecule has 1 aliphatic carbocycles. The van der Waals surface area contributed by atoms with Gasteiger partial charge in [-0.15, -0.1) is 0 Å². The van der Waals surface area contributed by atoms with Crippen LogP contribution in [0, 0.1) is 5.92 Å². The Labute approximate surface area is 187 Å². The zero-order valence-corrected chi connectivity index (χ0v) is 18.3. The maximum atomic E-state index is 13.0. The van der Waals surface area contributed by atoms with Gasteiger partial charge in [-0.3, -0.25) is 4.79 Å². The number of carboxylic acids is 1. The molecule has 4 rings (SSSR count). The summed E-state index contributed by atoms with van der Waals surface area (Å²) in [7, 11) is 0. The molecule has 0 saturated carbocycles. The predicted octanol–water partition coefficient (Wildman–Crippen LogP) is 3.63. The SMILES string of the molecule is CC[C@H](C)[C@H](NC(=O)OCC1c2ccccc2-c2ccccc21)C(=O)N1CCC1C(=O)O. The van der Waals surface area contributed by atoms with Crippen LogP contribution in [0.5, 0.6) is 0 Å². The first kappa shape index (κ1) is 21.9. The van der Waals surface area contributed by atoms with Gasteiger partial charge in [0.1, 0.15) is 18.7 Å². The Morgan fingerprint density at radius 1 is 1.09 bits per heavy atom. The first-order chi connectivity index (χ1) is 15.4. The van der Waals surface area contributed by atoms with Crippen molar-refractivity contribution in [3.63, 3.8) is 0 Å². The van der Waals surface area contributed by atoms with Crippen LogP contribution in [-0.2, 0) is 14.3 Å². The van der Waals surface area contributed by atoms with Crippen molar-refractivity contribution in [2.75, 3.05) is 13.2 Å². The van der Waals surface area contributed by atoms with Gasteiger partial charge in [-0.1, -0.05) is 68.8 Å². The average molecular weight is 437 g/mol. The Morgan fingerprint density at radius 3 is 2.19 bits per heavy atom. The number of rotatable bonds is 7. The van der Waals surface area contributed by atoms with Gasteiger partial charge in [0.05, 0.1) is 0 Å². The zero-order valence-electron chi connectivity index (χ0n) is 18.3. The van der Waals surface area contributed by atoms with E-state index in [4.69, 9.17) is 4.74 Å². The summed E-state index contributed by atoms with van der Waals surface area (Å²) in [5.74, 6) is -1.61. The third-order valence-corrected chi connectivity index (χ3v) is 6.68. The minimum absolute atomic E-state index is 0.0716. The highest BCUT2D eigenvalue weighted by atomic mass is 16.5. The Kier molecular flexibility index (Phi) is 6.17. The fourth-order valence-corrected chi connectivity index (χ4v) is 4.54. The van der Waals surface area contributed by atoms with E-state index in [1.807, 2.05) is 50.2 Å². The fraction of sp³-hybridized carbons (Fsp3) is 0.400. The third kappa shape index (κ3) is 3.95. The van der Waals surface area contributed by atoms with Gasteiger partial charge in [-0.2, -0.15) is 0 Å². The molecule has 0 aromatic heterocycles. The molecule has 1 fully saturated rings. The van der Waals surface area contributed by atoms with Crippen molar-refractivity contribution < 1.29 is 24.2 Å². The van der Waals surface area contributed by atoms with Crippen LogP contribution in [0.2, 0.25) is 0 Å². The van der Waals surface area contributed by atoms with Crippen molar-refractivity contribution in [3.05, 3.63) is 59.7 Å². The van der Waals surface area contributed by atoms with E-state index in [-0.39, 0.29) is 24.3 Å². The van der Waals surface area contributed by atoms with E-state index in [1.54, 1.807) is 0 Å². The second kappa shape index (κ2) is 9.02. The molecule has 2 N–H and O–H groups in total. The van der Waals surface area contributed by atoms with Crippen molar-refractivity contribution in [1.29, 1.82) is 0 Å². The monoisotopic (exact) mass is 436 g/mol. The number of hydrogen-bond acceptors (Lipinski definition) is 4. The molecule has 1 unspecified atom stereocenters. The van der Waals surface area contributed by atoms with Gasteiger partial charge in [-0.25, -0.2) is 9.59 Å². The van der Waals surface area contributed by atoms with Crippen LogP contribution in [0.3, 0.4) is 0 Å². The van der Waals surface area contributed by atoms with E-state index in [2.05, 4.69) is 17.4 Å². The minimum atomic E-state index is -1.02. The number of nitrogens with one attached hydrogen (secondary N) is 1. The number of carboxylic acid groups (broad SMARTS) is 1. The van der Waals surface area contributed by atoms with Gasteiger partial charge < -0.3 is 20.1 Å². The molecule has 2 aromatic carbocycles. The Balaban J connectivity index is 1.44. The van der Waals surface area contributed by atoms with Crippen molar-refractivity contribution in [2.24, 2.45) is 5.92 Å². The first-order valence-electron chi connectivity index (χ1n) is 11.1. The van der Waals surface area contributed by atoms with E-state index < -0.39 is 24.1 Å². The summed E-state index contributed by atoms with van der Waals surface area (Å²) < 4.78 is 5.58. The van der Waals surface area contributed by atoms with Crippen LogP contribution in [-0.4, -0.2) is 53.2 Å². The quantitative estimate of drug-likeness (QED) is 0.691. The Morgan fingerprint density at radius 2 is 1.69 bits per heavy atom. The molecule has 2 aromatic rings. The summed E-state index contributed by atoms with van der Waals surface area (Å²) in [5.41, 5.74) is 4.51. The van der Waals surface area contributed by atoms with Crippen LogP contribution in [0.15, 0.2) is 48.5 Å². The van der Waals surface area contributed by atoms with E-state index in [0.717, 1.165) is 22.3 Å².